The molecule has 0 atom stereocenters. The van der Waals surface area contributed by atoms with Crippen LogP contribution in [0.25, 0.3) is 10.8 Å². The highest BCUT2D eigenvalue weighted by Crippen LogP contribution is 2.29. The Balaban J connectivity index is 2.41. The van der Waals surface area contributed by atoms with E-state index in [1.165, 1.54) is 4.88 Å². The van der Waals surface area contributed by atoms with Gasteiger partial charge < -0.3 is 9.52 Å². The summed E-state index contributed by atoms with van der Waals surface area (Å²) in [6, 6.07) is 1.94. The molecule has 0 aromatic carbocycles. The zero-order valence-electron chi connectivity index (χ0n) is 8.27. The molecule has 0 amide bonds. The molecule has 0 aliphatic rings. The van der Waals surface area contributed by atoms with E-state index in [-0.39, 0.29) is 5.69 Å². The van der Waals surface area contributed by atoms with Crippen LogP contribution in [0.3, 0.4) is 0 Å². The second kappa shape index (κ2) is 3.51. The molecule has 5 heteroatoms. The van der Waals surface area contributed by atoms with Crippen molar-refractivity contribution in [3.8, 4) is 10.8 Å². The summed E-state index contributed by atoms with van der Waals surface area (Å²) in [5, 5.41) is 8.69. The monoisotopic (exact) mass is 223 g/mol. The highest BCUT2D eigenvalue weighted by Gasteiger charge is 2.13. The molecular formula is C10H9NO3S. The van der Waals surface area contributed by atoms with E-state index in [1.807, 2.05) is 19.9 Å². The van der Waals surface area contributed by atoms with Crippen molar-refractivity contribution >= 4 is 17.3 Å². The molecule has 1 N–H and O–H groups in total. The first-order chi connectivity index (χ1) is 7.08. The van der Waals surface area contributed by atoms with Crippen LogP contribution >= 0.6 is 11.3 Å². The lowest BCUT2D eigenvalue weighted by molar-refractivity contribution is 0.0690. The molecule has 0 saturated heterocycles. The maximum atomic E-state index is 10.6. The van der Waals surface area contributed by atoms with Crippen LogP contribution in [-0.2, 0) is 0 Å². The summed E-state index contributed by atoms with van der Waals surface area (Å²) in [6.07, 6.45) is 1.15. The highest BCUT2D eigenvalue weighted by atomic mass is 32.1. The molecule has 2 rings (SSSR count). The van der Waals surface area contributed by atoms with Gasteiger partial charge in [0.05, 0.1) is 4.88 Å². The molecule has 0 bridgehead atoms. The van der Waals surface area contributed by atoms with Crippen LogP contribution in [0.2, 0.25) is 0 Å². The van der Waals surface area contributed by atoms with E-state index >= 15 is 0 Å². The van der Waals surface area contributed by atoms with E-state index in [9.17, 15) is 4.79 Å². The lowest BCUT2D eigenvalue weighted by atomic mass is 10.3. The van der Waals surface area contributed by atoms with Gasteiger partial charge in [-0.3, -0.25) is 0 Å². The maximum Gasteiger partial charge on any atom is 0.357 e. The van der Waals surface area contributed by atoms with E-state index < -0.39 is 5.97 Å². The van der Waals surface area contributed by atoms with E-state index in [0.29, 0.717) is 5.89 Å². The maximum absolute atomic E-state index is 10.6. The third-order valence-electron chi connectivity index (χ3n) is 2.10. The molecule has 4 nitrogen and oxygen atoms in total. The lowest BCUT2D eigenvalue weighted by Crippen LogP contribution is -1.95. The molecule has 2 aromatic heterocycles. The number of aryl methyl sites for hydroxylation is 2. The lowest BCUT2D eigenvalue weighted by Gasteiger charge is -1.85. The van der Waals surface area contributed by atoms with E-state index in [4.69, 9.17) is 9.52 Å². The number of nitrogens with zero attached hydrogens (tertiary/aromatic N) is 1. The Hall–Kier alpha value is -1.62. The van der Waals surface area contributed by atoms with Crippen LogP contribution in [-0.4, -0.2) is 16.1 Å². The quantitative estimate of drug-likeness (QED) is 0.850. The van der Waals surface area contributed by atoms with Gasteiger partial charge in [-0.2, -0.15) is 0 Å². The van der Waals surface area contributed by atoms with Crippen LogP contribution in [0, 0.1) is 13.8 Å². The summed E-state index contributed by atoms with van der Waals surface area (Å²) < 4.78 is 5.10. The fourth-order valence-corrected chi connectivity index (χ4v) is 2.13. The predicted octanol–water partition coefficient (Wildman–Crippen LogP) is 2.72. The Labute approximate surface area is 90.2 Å². The summed E-state index contributed by atoms with van der Waals surface area (Å²) in [5.41, 5.74) is 1.10. The number of aromatic nitrogens is 1. The Bertz CT molecular complexity index is 493. The fourth-order valence-electron chi connectivity index (χ4n) is 1.16. The van der Waals surface area contributed by atoms with E-state index in [2.05, 4.69) is 4.98 Å². The largest absolute Gasteiger partial charge is 0.476 e. The predicted molar refractivity (Wildman–Crippen MR) is 56.2 cm³/mol. The number of hydrogen-bond acceptors (Lipinski definition) is 4. The molecule has 0 aliphatic carbocycles. The van der Waals surface area contributed by atoms with Crippen LogP contribution in [0.15, 0.2) is 16.7 Å². The topological polar surface area (TPSA) is 63.3 Å². The fraction of sp³-hybridized carbons (Fsp3) is 0.200. The van der Waals surface area contributed by atoms with E-state index in [1.54, 1.807) is 11.3 Å². The van der Waals surface area contributed by atoms with Gasteiger partial charge in [0.15, 0.2) is 5.69 Å². The second-order valence-corrected chi connectivity index (χ2v) is 4.45. The molecule has 0 fully saturated rings. The van der Waals surface area contributed by atoms with Gasteiger partial charge >= 0.3 is 5.97 Å². The molecule has 0 spiro atoms. The summed E-state index contributed by atoms with van der Waals surface area (Å²) in [4.78, 5) is 16.5. The zero-order valence-corrected chi connectivity index (χ0v) is 9.09. The van der Waals surface area contributed by atoms with Crippen molar-refractivity contribution in [2.45, 2.75) is 13.8 Å². The van der Waals surface area contributed by atoms with Crippen molar-refractivity contribution in [3.63, 3.8) is 0 Å². The molecule has 0 saturated carbocycles. The molecule has 0 unspecified atom stereocenters. The molecule has 15 heavy (non-hydrogen) atoms. The van der Waals surface area contributed by atoms with Gasteiger partial charge in [0.1, 0.15) is 6.26 Å². The summed E-state index contributed by atoms with van der Waals surface area (Å²) in [7, 11) is 0. The van der Waals surface area contributed by atoms with Crippen LogP contribution < -0.4 is 0 Å². The number of hydrogen-bond donors (Lipinski definition) is 1. The van der Waals surface area contributed by atoms with Gasteiger partial charge in [0.25, 0.3) is 0 Å². The Morgan fingerprint density at radius 3 is 2.73 bits per heavy atom. The third kappa shape index (κ3) is 1.78. The van der Waals surface area contributed by atoms with Crippen molar-refractivity contribution in [1.82, 2.24) is 4.98 Å². The van der Waals surface area contributed by atoms with Crippen LogP contribution in [0.5, 0.6) is 0 Å². The first kappa shape index (κ1) is 9.92. The van der Waals surface area contributed by atoms with Crippen LogP contribution in [0.1, 0.15) is 20.9 Å². The first-order valence-electron chi connectivity index (χ1n) is 4.34. The Morgan fingerprint density at radius 2 is 2.27 bits per heavy atom. The minimum Gasteiger partial charge on any atom is -0.476 e. The number of rotatable bonds is 2. The van der Waals surface area contributed by atoms with Gasteiger partial charge in [0, 0.05) is 4.88 Å². The van der Waals surface area contributed by atoms with Crippen molar-refractivity contribution < 1.29 is 14.3 Å². The normalized spacial score (nSPS) is 10.5. The number of carboxylic acid groups (broad SMARTS) is 1. The highest BCUT2D eigenvalue weighted by molar-refractivity contribution is 7.15. The van der Waals surface area contributed by atoms with Gasteiger partial charge in [-0.25, -0.2) is 9.78 Å². The van der Waals surface area contributed by atoms with Crippen molar-refractivity contribution in [1.29, 1.82) is 0 Å². The van der Waals surface area contributed by atoms with Gasteiger partial charge in [-0.05, 0) is 25.5 Å². The summed E-state index contributed by atoms with van der Waals surface area (Å²) in [5.74, 6) is -0.705. The molecule has 2 aromatic rings. The van der Waals surface area contributed by atoms with Crippen molar-refractivity contribution in [3.05, 3.63) is 28.5 Å². The Kier molecular flexibility index (Phi) is 2.32. The van der Waals surface area contributed by atoms with Crippen LogP contribution in [0.4, 0.5) is 0 Å². The van der Waals surface area contributed by atoms with Gasteiger partial charge in [-0.1, -0.05) is 0 Å². The summed E-state index contributed by atoms with van der Waals surface area (Å²) in [6.45, 7) is 4.00. The summed E-state index contributed by atoms with van der Waals surface area (Å²) >= 11 is 1.54. The van der Waals surface area contributed by atoms with Gasteiger partial charge in [-0.15, -0.1) is 11.3 Å². The third-order valence-corrected chi connectivity index (χ3v) is 3.24. The number of carbonyl (C=O) groups is 1. The van der Waals surface area contributed by atoms with E-state index in [0.717, 1.165) is 16.7 Å². The molecule has 2 heterocycles. The minimum absolute atomic E-state index is 0.0614. The average Bonchev–Trinajstić information content (AvgIpc) is 2.74. The number of oxazole rings is 1. The number of carboxylic acids is 1. The van der Waals surface area contributed by atoms with Crippen molar-refractivity contribution in [2.24, 2.45) is 0 Å². The smallest absolute Gasteiger partial charge is 0.357 e. The number of aromatic carboxylic acids is 1. The Morgan fingerprint density at radius 1 is 1.53 bits per heavy atom. The number of thiophene rings is 1. The molecule has 0 radical (unpaired) electrons. The first-order valence-corrected chi connectivity index (χ1v) is 5.16. The SMILES string of the molecule is Cc1cc(-c2nc(C(=O)O)co2)sc1C. The van der Waals surface area contributed by atoms with Gasteiger partial charge in [0.2, 0.25) is 5.89 Å². The molecule has 0 aliphatic heterocycles. The molecular weight excluding hydrogens is 214 g/mol. The molecule has 78 valence electrons. The standard InChI is InChI=1S/C10H9NO3S/c1-5-3-8(15-6(5)2)9-11-7(4-14-9)10(12)13/h3-4H,1-2H3,(H,12,13). The van der Waals surface area contributed by atoms with Crippen molar-refractivity contribution in [2.75, 3.05) is 0 Å². The second-order valence-electron chi connectivity index (χ2n) is 3.19. The zero-order chi connectivity index (χ0) is 11.0. The average molecular weight is 223 g/mol. The minimum atomic E-state index is -1.07.